The molecule has 7 nitrogen and oxygen atoms in total. The molecule has 2 heterocycles. The molecule has 0 bridgehead atoms. The summed E-state index contributed by atoms with van der Waals surface area (Å²) in [6.07, 6.45) is 6.91. The highest BCUT2D eigenvalue weighted by Gasteiger charge is 2.20. The number of piperazine rings is 1. The molecule has 140 valence electrons. The van der Waals surface area contributed by atoms with Gasteiger partial charge in [0.25, 0.3) is 0 Å². The van der Waals surface area contributed by atoms with Gasteiger partial charge in [0.1, 0.15) is 5.76 Å². The van der Waals surface area contributed by atoms with Crippen LogP contribution in [0.2, 0.25) is 5.02 Å². The van der Waals surface area contributed by atoms with E-state index in [-0.39, 0.29) is 31.6 Å². The number of hydrogen-bond acceptors (Lipinski definition) is 4. The molecule has 1 aromatic carbocycles. The maximum atomic E-state index is 12.5. The number of urea groups is 1. The third-order valence-corrected chi connectivity index (χ3v) is 4.38. The van der Waals surface area contributed by atoms with Crippen LogP contribution in [0.15, 0.2) is 41.0 Å². The van der Waals surface area contributed by atoms with Gasteiger partial charge in [-0.25, -0.2) is 4.79 Å². The van der Waals surface area contributed by atoms with Crippen LogP contribution in [0, 0.1) is 12.3 Å². The molecule has 0 radical (unpaired) electrons. The van der Waals surface area contributed by atoms with Gasteiger partial charge < -0.3 is 24.9 Å². The van der Waals surface area contributed by atoms with Gasteiger partial charge >= 0.3 is 6.03 Å². The third kappa shape index (κ3) is 4.74. The fourth-order valence-electron chi connectivity index (χ4n) is 2.79. The number of hydrogen-bond donors (Lipinski definition) is 2. The summed E-state index contributed by atoms with van der Waals surface area (Å²) in [5.74, 6) is 3.06. The van der Waals surface area contributed by atoms with Crippen LogP contribution >= 0.6 is 11.6 Å². The summed E-state index contributed by atoms with van der Waals surface area (Å²) in [6, 6.07) is 8.35. The lowest BCUT2D eigenvalue weighted by Crippen LogP contribution is -2.47. The second-order valence-corrected chi connectivity index (χ2v) is 6.41. The normalized spacial score (nSPS) is 13.6. The Kier molecular flexibility index (Phi) is 5.89. The Bertz CT molecular complexity index is 860. The van der Waals surface area contributed by atoms with Crippen LogP contribution in [0.5, 0.6) is 0 Å². The molecule has 2 aromatic rings. The van der Waals surface area contributed by atoms with Crippen molar-refractivity contribution < 1.29 is 14.0 Å². The van der Waals surface area contributed by atoms with Crippen molar-refractivity contribution in [3.05, 3.63) is 47.4 Å². The first-order valence-electron chi connectivity index (χ1n) is 8.40. The van der Waals surface area contributed by atoms with Crippen LogP contribution in [0.4, 0.5) is 16.2 Å². The second-order valence-electron chi connectivity index (χ2n) is 6.01. The lowest BCUT2D eigenvalue weighted by Gasteiger charge is -2.29. The molecule has 1 saturated heterocycles. The van der Waals surface area contributed by atoms with Crippen molar-refractivity contribution in [2.75, 3.05) is 36.4 Å². The molecule has 3 amide bonds. The Balaban J connectivity index is 1.68. The molecule has 1 aliphatic heterocycles. The van der Waals surface area contributed by atoms with Gasteiger partial charge in [-0.1, -0.05) is 17.5 Å². The van der Waals surface area contributed by atoms with E-state index in [2.05, 4.69) is 16.6 Å². The number of carbonyl (C=O) groups is 2. The number of carbonyl (C=O) groups excluding carboxylic acids is 2. The summed E-state index contributed by atoms with van der Waals surface area (Å²) >= 11 is 6.36. The molecular weight excluding hydrogens is 368 g/mol. The van der Waals surface area contributed by atoms with Gasteiger partial charge in [0.05, 0.1) is 36.6 Å². The number of anilines is 2. The first-order valence-corrected chi connectivity index (χ1v) is 8.77. The largest absolute Gasteiger partial charge is 0.467 e. The van der Waals surface area contributed by atoms with E-state index in [9.17, 15) is 9.59 Å². The van der Waals surface area contributed by atoms with Crippen molar-refractivity contribution in [1.29, 1.82) is 0 Å². The Morgan fingerprint density at radius 3 is 2.96 bits per heavy atom. The second kappa shape index (κ2) is 8.52. The lowest BCUT2D eigenvalue weighted by atomic mass is 10.2. The molecule has 0 atom stereocenters. The molecule has 1 aromatic heterocycles. The monoisotopic (exact) mass is 386 g/mol. The molecule has 3 rings (SSSR count). The predicted molar refractivity (Wildman–Crippen MR) is 104 cm³/mol. The van der Waals surface area contributed by atoms with E-state index in [1.807, 2.05) is 4.90 Å². The minimum atomic E-state index is -0.356. The molecule has 0 unspecified atom stereocenters. The number of nitrogens with zero attached hydrogens (tertiary/aromatic N) is 2. The summed E-state index contributed by atoms with van der Waals surface area (Å²) in [6.45, 7) is 1.90. The SMILES string of the molecule is C#CCN(Cc1ccco1)C(=O)Nc1ccc(N2CCNC(=O)C2)c(Cl)c1. The Morgan fingerprint density at radius 1 is 1.44 bits per heavy atom. The van der Waals surface area contributed by atoms with Gasteiger partial charge in [-0.2, -0.15) is 0 Å². The molecule has 0 aliphatic carbocycles. The minimum absolute atomic E-state index is 0.0439. The van der Waals surface area contributed by atoms with Crippen LogP contribution in [0.3, 0.4) is 0 Å². The van der Waals surface area contributed by atoms with Gasteiger partial charge in [-0.05, 0) is 30.3 Å². The molecule has 2 N–H and O–H groups in total. The minimum Gasteiger partial charge on any atom is -0.467 e. The van der Waals surface area contributed by atoms with Gasteiger partial charge in [0, 0.05) is 18.8 Å². The fourth-order valence-corrected chi connectivity index (χ4v) is 3.09. The highest BCUT2D eigenvalue weighted by atomic mass is 35.5. The van der Waals surface area contributed by atoms with Crippen molar-refractivity contribution in [1.82, 2.24) is 10.2 Å². The van der Waals surface area contributed by atoms with Gasteiger partial charge in [0.2, 0.25) is 5.91 Å². The number of rotatable bonds is 5. The lowest BCUT2D eigenvalue weighted by molar-refractivity contribution is -0.120. The van der Waals surface area contributed by atoms with Crippen molar-refractivity contribution in [2.45, 2.75) is 6.54 Å². The first kappa shape index (κ1) is 18.7. The summed E-state index contributed by atoms with van der Waals surface area (Å²) in [5.41, 5.74) is 1.29. The molecule has 1 aliphatic rings. The molecule has 0 spiro atoms. The van der Waals surface area contributed by atoms with Crippen molar-refractivity contribution >= 4 is 34.9 Å². The highest BCUT2D eigenvalue weighted by molar-refractivity contribution is 6.33. The van der Waals surface area contributed by atoms with Gasteiger partial charge in [-0.15, -0.1) is 6.42 Å². The Labute approximate surface area is 162 Å². The Morgan fingerprint density at radius 2 is 2.30 bits per heavy atom. The van der Waals surface area contributed by atoms with Crippen molar-refractivity contribution in [2.24, 2.45) is 0 Å². The summed E-state index contributed by atoms with van der Waals surface area (Å²) in [7, 11) is 0. The highest BCUT2D eigenvalue weighted by Crippen LogP contribution is 2.29. The third-order valence-electron chi connectivity index (χ3n) is 4.07. The zero-order valence-corrected chi connectivity index (χ0v) is 15.3. The molecule has 27 heavy (non-hydrogen) atoms. The van der Waals surface area contributed by atoms with Crippen molar-refractivity contribution in [3.63, 3.8) is 0 Å². The van der Waals surface area contributed by atoms with Crippen LogP contribution in [-0.4, -0.2) is 43.0 Å². The number of nitrogens with one attached hydrogen (secondary N) is 2. The zero-order chi connectivity index (χ0) is 19.2. The van der Waals surface area contributed by atoms with Gasteiger partial charge in [0.15, 0.2) is 0 Å². The molecule has 0 saturated carbocycles. The van der Waals surface area contributed by atoms with E-state index in [1.165, 1.54) is 4.90 Å². The fraction of sp³-hybridized carbons (Fsp3) is 0.263. The maximum absolute atomic E-state index is 12.5. The van der Waals surface area contributed by atoms with Crippen LogP contribution < -0.4 is 15.5 Å². The average Bonchev–Trinajstić information content (AvgIpc) is 3.14. The summed E-state index contributed by atoms with van der Waals surface area (Å²) in [4.78, 5) is 27.4. The van der Waals surface area contributed by atoms with Crippen LogP contribution in [0.25, 0.3) is 0 Å². The number of terminal acetylenes is 1. The first-order chi connectivity index (χ1) is 13.1. The number of furan rings is 1. The van der Waals surface area contributed by atoms with E-state index in [1.54, 1.807) is 36.6 Å². The molecule has 8 heteroatoms. The van der Waals surface area contributed by atoms with E-state index in [0.29, 0.717) is 29.6 Å². The quantitative estimate of drug-likeness (QED) is 0.774. The number of halogens is 1. The van der Waals surface area contributed by atoms with Crippen molar-refractivity contribution in [3.8, 4) is 12.3 Å². The van der Waals surface area contributed by atoms with E-state index >= 15 is 0 Å². The molecular formula is C19H19ClN4O3. The predicted octanol–water partition coefficient (Wildman–Crippen LogP) is 2.54. The summed E-state index contributed by atoms with van der Waals surface area (Å²) in [5, 5.41) is 6.01. The van der Waals surface area contributed by atoms with E-state index in [4.69, 9.17) is 22.4 Å². The average molecular weight is 387 g/mol. The smallest absolute Gasteiger partial charge is 0.323 e. The Hall–Kier alpha value is -3.11. The molecule has 1 fully saturated rings. The van der Waals surface area contributed by atoms with Gasteiger partial charge in [-0.3, -0.25) is 4.79 Å². The van der Waals surface area contributed by atoms with Crippen LogP contribution in [-0.2, 0) is 11.3 Å². The number of amides is 3. The van der Waals surface area contributed by atoms with Crippen LogP contribution in [0.1, 0.15) is 5.76 Å². The zero-order valence-electron chi connectivity index (χ0n) is 14.6. The maximum Gasteiger partial charge on any atom is 0.323 e. The summed E-state index contributed by atoms with van der Waals surface area (Å²) < 4.78 is 5.27. The standard InChI is InChI=1S/C19H19ClN4O3/c1-2-8-24(12-15-4-3-10-27-15)19(26)22-14-5-6-17(16(20)11-14)23-9-7-21-18(25)13-23/h1,3-6,10-11H,7-9,12-13H2,(H,21,25)(H,22,26). The van der Waals surface area contributed by atoms with E-state index < -0.39 is 0 Å². The topological polar surface area (TPSA) is 77.8 Å². The number of benzene rings is 1. The van der Waals surface area contributed by atoms with E-state index in [0.717, 1.165) is 5.69 Å².